The number of hydrogen-bond donors (Lipinski definition) is 1. The summed E-state index contributed by atoms with van der Waals surface area (Å²) in [6.07, 6.45) is 4.75. The highest BCUT2D eigenvalue weighted by molar-refractivity contribution is 5.85. The maximum absolute atomic E-state index is 5.90. The molecule has 1 aliphatic rings. The average Bonchev–Trinajstić information content (AvgIpc) is 2.75. The highest BCUT2D eigenvalue weighted by Crippen LogP contribution is 2.29. The van der Waals surface area contributed by atoms with Crippen LogP contribution in [0.4, 0.5) is 0 Å². The molecule has 96 valence electrons. The molecule has 0 bridgehead atoms. The van der Waals surface area contributed by atoms with Crippen molar-refractivity contribution < 1.29 is 4.74 Å². The van der Waals surface area contributed by atoms with Gasteiger partial charge in [-0.25, -0.2) is 0 Å². The van der Waals surface area contributed by atoms with Crippen LogP contribution in [0.1, 0.15) is 5.56 Å². The van der Waals surface area contributed by atoms with Gasteiger partial charge in [-0.2, -0.15) is 5.10 Å². The van der Waals surface area contributed by atoms with E-state index in [4.69, 9.17) is 10.5 Å². The molecule has 1 aliphatic heterocycles. The smallest absolute Gasteiger partial charge is 0.122 e. The first kappa shape index (κ1) is 12.9. The Morgan fingerprint density at radius 2 is 2.22 bits per heavy atom. The zero-order valence-electron chi connectivity index (χ0n) is 10.2. The molecule has 2 aromatic rings. The molecule has 4 nitrogen and oxygen atoms in total. The molecule has 0 spiro atoms. The van der Waals surface area contributed by atoms with Gasteiger partial charge in [-0.3, -0.25) is 4.68 Å². The first-order chi connectivity index (χ1) is 8.22. The Bertz CT molecular complexity index is 553. The Morgan fingerprint density at radius 3 is 2.94 bits per heavy atom. The van der Waals surface area contributed by atoms with Crippen LogP contribution in [0.3, 0.4) is 0 Å². The first-order valence-electron chi connectivity index (χ1n) is 5.73. The third-order valence-electron chi connectivity index (χ3n) is 3.03. The second-order valence-corrected chi connectivity index (χ2v) is 4.50. The SMILES string of the molecule is Cl.Cn1cc(-c2ccc3c(c2)C[C@@H](N)CO3)cn1. The van der Waals surface area contributed by atoms with Gasteiger partial charge in [0.1, 0.15) is 12.4 Å². The van der Waals surface area contributed by atoms with Gasteiger partial charge in [0.2, 0.25) is 0 Å². The van der Waals surface area contributed by atoms with E-state index < -0.39 is 0 Å². The van der Waals surface area contributed by atoms with Crippen LogP contribution >= 0.6 is 12.4 Å². The number of benzene rings is 1. The molecule has 2 heterocycles. The van der Waals surface area contributed by atoms with Crippen molar-refractivity contribution in [3.8, 4) is 16.9 Å². The number of ether oxygens (including phenoxy) is 1. The highest BCUT2D eigenvalue weighted by Gasteiger charge is 2.17. The van der Waals surface area contributed by atoms with Gasteiger partial charge in [0.05, 0.1) is 6.20 Å². The van der Waals surface area contributed by atoms with E-state index in [0.717, 1.165) is 23.3 Å². The largest absolute Gasteiger partial charge is 0.492 e. The lowest BCUT2D eigenvalue weighted by Gasteiger charge is -2.22. The zero-order valence-corrected chi connectivity index (χ0v) is 11.0. The van der Waals surface area contributed by atoms with Crippen molar-refractivity contribution in [2.24, 2.45) is 12.8 Å². The Hall–Kier alpha value is -1.52. The van der Waals surface area contributed by atoms with Gasteiger partial charge in [0, 0.05) is 24.8 Å². The van der Waals surface area contributed by atoms with Gasteiger partial charge >= 0.3 is 0 Å². The van der Waals surface area contributed by atoms with Gasteiger partial charge in [0.25, 0.3) is 0 Å². The van der Waals surface area contributed by atoms with Crippen molar-refractivity contribution in [3.63, 3.8) is 0 Å². The number of halogens is 1. The van der Waals surface area contributed by atoms with E-state index in [0.29, 0.717) is 6.61 Å². The Balaban J connectivity index is 0.00000120. The lowest BCUT2D eigenvalue weighted by Crippen LogP contribution is -2.33. The lowest BCUT2D eigenvalue weighted by atomic mass is 9.99. The predicted octanol–water partition coefficient (Wildman–Crippen LogP) is 1.77. The molecule has 5 heteroatoms. The molecule has 18 heavy (non-hydrogen) atoms. The quantitative estimate of drug-likeness (QED) is 0.855. The molecule has 3 rings (SSSR count). The number of nitrogens with zero attached hydrogens (tertiary/aromatic N) is 2. The number of rotatable bonds is 1. The van der Waals surface area contributed by atoms with Crippen LogP contribution in [0.25, 0.3) is 11.1 Å². The fourth-order valence-electron chi connectivity index (χ4n) is 2.17. The van der Waals surface area contributed by atoms with Crippen LogP contribution in [0.5, 0.6) is 5.75 Å². The predicted molar refractivity (Wildman–Crippen MR) is 73.1 cm³/mol. The van der Waals surface area contributed by atoms with Crippen LogP contribution in [0, 0.1) is 0 Å². The summed E-state index contributed by atoms with van der Waals surface area (Å²) >= 11 is 0. The third kappa shape index (κ3) is 2.35. The number of aryl methyl sites for hydroxylation is 1. The summed E-state index contributed by atoms with van der Waals surface area (Å²) < 4.78 is 7.39. The van der Waals surface area contributed by atoms with Crippen LogP contribution in [-0.2, 0) is 13.5 Å². The minimum absolute atomic E-state index is 0. The molecule has 0 amide bonds. The van der Waals surface area contributed by atoms with Gasteiger partial charge in [-0.1, -0.05) is 6.07 Å². The molecule has 0 radical (unpaired) electrons. The van der Waals surface area contributed by atoms with Crippen LogP contribution in [0.15, 0.2) is 30.6 Å². The van der Waals surface area contributed by atoms with E-state index >= 15 is 0 Å². The van der Waals surface area contributed by atoms with Crippen molar-refractivity contribution in [3.05, 3.63) is 36.2 Å². The highest BCUT2D eigenvalue weighted by atomic mass is 35.5. The molecule has 0 fully saturated rings. The van der Waals surface area contributed by atoms with E-state index in [1.54, 1.807) is 4.68 Å². The van der Waals surface area contributed by atoms with E-state index in [1.807, 2.05) is 25.5 Å². The molecule has 0 aliphatic carbocycles. The maximum Gasteiger partial charge on any atom is 0.122 e. The minimum atomic E-state index is 0. The average molecular weight is 266 g/mol. The van der Waals surface area contributed by atoms with Gasteiger partial charge in [-0.15, -0.1) is 12.4 Å². The third-order valence-corrected chi connectivity index (χ3v) is 3.03. The summed E-state index contributed by atoms with van der Waals surface area (Å²) in [5.74, 6) is 0.958. The summed E-state index contributed by atoms with van der Waals surface area (Å²) in [5, 5.41) is 4.18. The summed E-state index contributed by atoms with van der Waals surface area (Å²) in [6.45, 7) is 0.610. The van der Waals surface area contributed by atoms with Crippen molar-refractivity contribution in [2.45, 2.75) is 12.5 Å². The van der Waals surface area contributed by atoms with E-state index in [-0.39, 0.29) is 18.4 Å². The van der Waals surface area contributed by atoms with E-state index in [2.05, 4.69) is 17.2 Å². The van der Waals surface area contributed by atoms with Crippen LogP contribution in [-0.4, -0.2) is 22.4 Å². The number of nitrogens with two attached hydrogens (primary N) is 1. The van der Waals surface area contributed by atoms with Gasteiger partial charge in [0.15, 0.2) is 0 Å². The van der Waals surface area contributed by atoms with E-state index in [9.17, 15) is 0 Å². The monoisotopic (exact) mass is 265 g/mol. The number of fused-ring (bicyclic) bond motifs is 1. The molecule has 0 saturated heterocycles. The Morgan fingerprint density at radius 1 is 1.39 bits per heavy atom. The molecule has 0 saturated carbocycles. The van der Waals surface area contributed by atoms with E-state index in [1.165, 1.54) is 5.56 Å². The fraction of sp³-hybridized carbons (Fsp3) is 0.308. The van der Waals surface area contributed by atoms with Gasteiger partial charge in [-0.05, 0) is 29.7 Å². The topological polar surface area (TPSA) is 53.1 Å². The second-order valence-electron chi connectivity index (χ2n) is 4.50. The molecular weight excluding hydrogens is 250 g/mol. The normalized spacial score (nSPS) is 17.6. The number of hydrogen-bond acceptors (Lipinski definition) is 3. The molecule has 1 aromatic heterocycles. The Kier molecular flexibility index (Phi) is 3.59. The summed E-state index contributed by atoms with van der Waals surface area (Å²) in [4.78, 5) is 0. The zero-order chi connectivity index (χ0) is 11.8. The lowest BCUT2D eigenvalue weighted by molar-refractivity contribution is 0.263. The van der Waals surface area contributed by atoms with Crippen LogP contribution < -0.4 is 10.5 Å². The molecule has 1 atom stereocenters. The summed E-state index contributed by atoms with van der Waals surface area (Å²) in [7, 11) is 1.92. The molecule has 0 unspecified atom stereocenters. The maximum atomic E-state index is 5.90. The summed E-state index contributed by atoms with van der Waals surface area (Å²) in [5.41, 5.74) is 9.37. The standard InChI is InChI=1S/C13H15N3O.ClH/c1-16-7-11(6-15-16)9-2-3-13-10(4-9)5-12(14)8-17-13;/h2-4,6-7,12H,5,8,14H2,1H3;1H/t12-;/m1./s1. The minimum Gasteiger partial charge on any atom is -0.492 e. The number of aromatic nitrogens is 2. The Labute approximate surface area is 112 Å². The van der Waals surface area contributed by atoms with Crippen molar-refractivity contribution in [1.29, 1.82) is 0 Å². The van der Waals surface area contributed by atoms with Crippen molar-refractivity contribution >= 4 is 12.4 Å². The van der Waals surface area contributed by atoms with Crippen LogP contribution in [0.2, 0.25) is 0 Å². The molecular formula is C13H16ClN3O. The van der Waals surface area contributed by atoms with Crippen molar-refractivity contribution in [2.75, 3.05) is 6.61 Å². The van der Waals surface area contributed by atoms with Gasteiger partial charge < -0.3 is 10.5 Å². The molecule has 2 N–H and O–H groups in total. The van der Waals surface area contributed by atoms with Crippen molar-refractivity contribution in [1.82, 2.24) is 9.78 Å². The summed E-state index contributed by atoms with van der Waals surface area (Å²) in [6, 6.07) is 6.33. The molecule has 1 aromatic carbocycles. The fourth-order valence-corrected chi connectivity index (χ4v) is 2.17. The second kappa shape index (κ2) is 5.00. The first-order valence-corrected chi connectivity index (χ1v) is 5.73.